The molecule has 7 heteroatoms. The number of sulfonamides is 1. The summed E-state index contributed by atoms with van der Waals surface area (Å²) in [6, 6.07) is 5.53. The first-order chi connectivity index (χ1) is 9.49. The van der Waals surface area contributed by atoms with E-state index in [1.165, 1.54) is 12.1 Å². The van der Waals surface area contributed by atoms with Crippen molar-refractivity contribution in [2.24, 2.45) is 0 Å². The molecule has 1 N–H and O–H groups in total. The molecule has 2 aromatic rings. The molecule has 0 aliphatic rings. The second kappa shape index (κ2) is 6.15. The van der Waals surface area contributed by atoms with Crippen LogP contribution in [-0.2, 0) is 16.6 Å². The summed E-state index contributed by atoms with van der Waals surface area (Å²) in [5.41, 5.74) is 0.519. The quantitative estimate of drug-likeness (QED) is 0.825. The van der Waals surface area contributed by atoms with Gasteiger partial charge in [0.25, 0.3) is 0 Å². The molecule has 0 bridgehead atoms. The second-order valence-corrected chi connectivity index (χ2v) is 6.17. The van der Waals surface area contributed by atoms with Crippen LogP contribution in [0.5, 0.6) is 0 Å². The Morgan fingerprint density at radius 2 is 2.20 bits per heavy atom. The van der Waals surface area contributed by atoms with Crippen LogP contribution in [0.25, 0.3) is 0 Å². The lowest BCUT2D eigenvalue weighted by atomic mass is 10.2. The third kappa shape index (κ3) is 3.64. The van der Waals surface area contributed by atoms with Crippen LogP contribution in [0.3, 0.4) is 0 Å². The molecule has 20 heavy (non-hydrogen) atoms. The minimum Gasteiger partial charge on any atom is -0.273 e. The van der Waals surface area contributed by atoms with Crippen LogP contribution in [0.1, 0.15) is 12.0 Å². The van der Waals surface area contributed by atoms with Crippen LogP contribution in [0.4, 0.5) is 4.39 Å². The molecule has 108 valence electrons. The Labute approximate surface area is 117 Å². The Balaban J connectivity index is 1.95. The van der Waals surface area contributed by atoms with Gasteiger partial charge in [-0.05, 0) is 37.1 Å². The van der Waals surface area contributed by atoms with Crippen molar-refractivity contribution >= 4 is 10.0 Å². The van der Waals surface area contributed by atoms with Crippen LogP contribution < -0.4 is 4.72 Å². The summed E-state index contributed by atoms with van der Waals surface area (Å²) in [7, 11) is -3.67. The maximum Gasteiger partial charge on any atom is 0.240 e. The molecule has 0 saturated heterocycles. The molecule has 1 aromatic heterocycles. The van der Waals surface area contributed by atoms with Gasteiger partial charge in [0.2, 0.25) is 10.0 Å². The minimum atomic E-state index is -3.67. The van der Waals surface area contributed by atoms with E-state index in [4.69, 9.17) is 0 Å². The normalized spacial score (nSPS) is 11.7. The summed E-state index contributed by atoms with van der Waals surface area (Å²) in [4.78, 5) is -0.0170. The molecule has 2 rings (SSSR count). The fraction of sp³-hybridized carbons (Fsp3) is 0.308. The van der Waals surface area contributed by atoms with Gasteiger partial charge in [-0.2, -0.15) is 5.10 Å². The van der Waals surface area contributed by atoms with Crippen molar-refractivity contribution in [2.75, 3.05) is 6.54 Å². The van der Waals surface area contributed by atoms with Crippen LogP contribution >= 0.6 is 0 Å². The van der Waals surface area contributed by atoms with Crippen molar-refractivity contribution in [1.82, 2.24) is 14.5 Å². The van der Waals surface area contributed by atoms with E-state index in [1.807, 2.05) is 6.20 Å². The summed E-state index contributed by atoms with van der Waals surface area (Å²) in [5.74, 6) is -0.562. The monoisotopic (exact) mass is 297 g/mol. The Morgan fingerprint density at radius 1 is 1.40 bits per heavy atom. The summed E-state index contributed by atoms with van der Waals surface area (Å²) < 4.78 is 41.5. The molecule has 5 nitrogen and oxygen atoms in total. The number of halogens is 1. The average molecular weight is 297 g/mol. The molecule has 0 radical (unpaired) electrons. The molecular formula is C13H16FN3O2S. The third-order valence-electron chi connectivity index (χ3n) is 2.85. The Kier molecular flexibility index (Phi) is 4.51. The molecule has 0 spiro atoms. The molecule has 0 unspecified atom stereocenters. The summed E-state index contributed by atoms with van der Waals surface area (Å²) in [6.07, 6.45) is 4.08. The van der Waals surface area contributed by atoms with Gasteiger partial charge in [0.15, 0.2) is 0 Å². The second-order valence-electron chi connectivity index (χ2n) is 4.43. The van der Waals surface area contributed by atoms with Crippen molar-refractivity contribution in [3.63, 3.8) is 0 Å². The Hall–Kier alpha value is -1.73. The summed E-state index contributed by atoms with van der Waals surface area (Å²) in [6.45, 7) is 2.54. The molecular weight excluding hydrogens is 281 g/mol. The standard InChI is InChI=1S/C13H16FN3O2S/c1-11-4-5-12(14)10-13(11)20(18,19)16-7-3-9-17-8-2-6-15-17/h2,4-6,8,10,16H,3,7,9H2,1H3. The molecule has 0 saturated carbocycles. The molecule has 0 atom stereocenters. The van der Waals surface area contributed by atoms with E-state index in [2.05, 4.69) is 9.82 Å². The topological polar surface area (TPSA) is 64.0 Å². The lowest BCUT2D eigenvalue weighted by molar-refractivity contribution is 0.551. The van der Waals surface area contributed by atoms with Crippen molar-refractivity contribution in [3.8, 4) is 0 Å². The lowest BCUT2D eigenvalue weighted by Gasteiger charge is -2.09. The molecule has 1 aromatic carbocycles. The van der Waals surface area contributed by atoms with Gasteiger partial charge in [0.05, 0.1) is 4.90 Å². The van der Waals surface area contributed by atoms with Gasteiger partial charge in [-0.15, -0.1) is 0 Å². The van der Waals surface area contributed by atoms with E-state index in [1.54, 1.807) is 23.9 Å². The van der Waals surface area contributed by atoms with Crippen LogP contribution in [0.2, 0.25) is 0 Å². The van der Waals surface area contributed by atoms with Crippen molar-refractivity contribution in [2.45, 2.75) is 24.8 Å². The number of nitrogens with zero attached hydrogens (tertiary/aromatic N) is 2. The van der Waals surface area contributed by atoms with Gasteiger partial charge in [-0.1, -0.05) is 6.07 Å². The Morgan fingerprint density at radius 3 is 2.90 bits per heavy atom. The average Bonchev–Trinajstić information content (AvgIpc) is 2.90. The smallest absolute Gasteiger partial charge is 0.240 e. The van der Waals surface area contributed by atoms with Gasteiger partial charge < -0.3 is 0 Å². The highest BCUT2D eigenvalue weighted by atomic mass is 32.2. The van der Waals surface area contributed by atoms with Crippen LogP contribution in [-0.4, -0.2) is 24.7 Å². The molecule has 0 amide bonds. The van der Waals surface area contributed by atoms with Gasteiger partial charge >= 0.3 is 0 Å². The van der Waals surface area contributed by atoms with Gasteiger partial charge in [-0.3, -0.25) is 4.68 Å². The summed E-state index contributed by atoms with van der Waals surface area (Å²) >= 11 is 0. The van der Waals surface area contributed by atoms with Crippen molar-refractivity contribution in [3.05, 3.63) is 48.0 Å². The molecule has 0 aliphatic carbocycles. The van der Waals surface area contributed by atoms with E-state index >= 15 is 0 Å². The van der Waals surface area contributed by atoms with Crippen LogP contribution in [0, 0.1) is 12.7 Å². The SMILES string of the molecule is Cc1ccc(F)cc1S(=O)(=O)NCCCn1cccn1. The highest BCUT2D eigenvalue weighted by molar-refractivity contribution is 7.89. The molecule has 0 fully saturated rings. The number of hydrogen-bond acceptors (Lipinski definition) is 3. The predicted molar refractivity (Wildman–Crippen MR) is 73.2 cm³/mol. The van der Waals surface area contributed by atoms with E-state index in [0.29, 0.717) is 18.5 Å². The minimum absolute atomic E-state index is 0.0170. The van der Waals surface area contributed by atoms with E-state index in [-0.39, 0.29) is 11.4 Å². The Bertz CT molecular complexity index is 669. The van der Waals surface area contributed by atoms with Crippen molar-refractivity contribution in [1.29, 1.82) is 0 Å². The van der Waals surface area contributed by atoms with Gasteiger partial charge in [-0.25, -0.2) is 17.5 Å². The highest BCUT2D eigenvalue weighted by Crippen LogP contribution is 2.16. The number of nitrogens with one attached hydrogen (secondary N) is 1. The number of aryl methyl sites for hydroxylation is 2. The van der Waals surface area contributed by atoms with Gasteiger partial charge in [0.1, 0.15) is 5.82 Å². The fourth-order valence-corrected chi connectivity index (χ4v) is 3.15. The highest BCUT2D eigenvalue weighted by Gasteiger charge is 2.16. The largest absolute Gasteiger partial charge is 0.273 e. The maximum absolute atomic E-state index is 13.1. The lowest BCUT2D eigenvalue weighted by Crippen LogP contribution is -2.26. The predicted octanol–water partition coefficient (Wildman–Crippen LogP) is 1.70. The zero-order valence-corrected chi connectivity index (χ0v) is 11.9. The number of rotatable bonds is 6. The zero-order valence-electron chi connectivity index (χ0n) is 11.1. The number of hydrogen-bond donors (Lipinski definition) is 1. The molecule has 0 aliphatic heterocycles. The maximum atomic E-state index is 13.1. The van der Waals surface area contributed by atoms with Crippen LogP contribution in [0.15, 0.2) is 41.6 Å². The first-order valence-electron chi connectivity index (χ1n) is 6.22. The van der Waals surface area contributed by atoms with E-state index in [9.17, 15) is 12.8 Å². The van der Waals surface area contributed by atoms with Gasteiger partial charge in [0, 0.05) is 25.5 Å². The van der Waals surface area contributed by atoms with E-state index in [0.717, 1.165) is 6.07 Å². The molecule has 1 heterocycles. The summed E-state index contributed by atoms with van der Waals surface area (Å²) in [5, 5.41) is 4.02. The number of aromatic nitrogens is 2. The van der Waals surface area contributed by atoms with E-state index < -0.39 is 15.8 Å². The fourth-order valence-electron chi connectivity index (χ4n) is 1.82. The first kappa shape index (κ1) is 14.7. The number of benzene rings is 1. The third-order valence-corrected chi connectivity index (χ3v) is 4.46. The van der Waals surface area contributed by atoms with Crippen molar-refractivity contribution < 1.29 is 12.8 Å². The first-order valence-corrected chi connectivity index (χ1v) is 7.70. The zero-order chi connectivity index (χ0) is 14.6.